The number of carbonyl (C=O) groups excluding carboxylic acids is 1. The summed E-state index contributed by atoms with van der Waals surface area (Å²) in [5.41, 5.74) is 1.75. The lowest BCUT2D eigenvalue weighted by Crippen LogP contribution is -2.12. The number of nitrogens with one attached hydrogen (secondary N) is 2. The van der Waals surface area contributed by atoms with Crippen LogP contribution >= 0.6 is 11.6 Å². The fourth-order valence-electron chi connectivity index (χ4n) is 1.58. The molecule has 2 aromatic rings. The summed E-state index contributed by atoms with van der Waals surface area (Å²) in [6.45, 7) is 0. The van der Waals surface area contributed by atoms with E-state index in [1.165, 1.54) is 19.2 Å². The normalized spacial score (nSPS) is 9.95. The van der Waals surface area contributed by atoms with Crippen molar-refractivity contribution in [2.45, 2.75) is 0 Å². The minimum absolute atomic E-state index is 0.324. The Bertz CT molecular complexity index is 617. The van der Waals surface area contributed by atoms with Gasteiger partial charge < -0.3 is 10.1 Å². The van der Waals surface area contributed by atoms with Crippen LogP contribution in [0.15, 0.2) is 42.5 Å². The predicted octanol–water partition coefficient (Wildman–Crippen LogP) is 4.40. The highest BCUT2D eigenvalue weighted by Gasteiger charge is 2.08. The molecule has 0 aliphatic carbocycles. The summed E-state index contributed by atoms with van der Waals surface area (Å²) < 4.78 is 17.4. The van der Waals surface area contributed by atoms with Gasteiger partial charge in [0.2, 0.25) is 0 Å². The Morgan fingerprint density at radius 3 is 2.50 bits per heavy atom. The first-order valence-corrected chi connectivity index (χ1v) is 6.13. The van der Waals surface area contributed by atoms with Crippen molar-refractivity contribution < 1.29 is 13.9 Å². The van der Waals surface area contributed by atoms with Crippen LogP contribution in [-0.4, -0.2) is 13.2 Å². The summed E-state index contributed by atoms with van der Waals surface area (Å²) in [6, 6.07) is 10.8. The van der Waals surface area contributed by atoms with Gasteiger partial charge in [0.15, 0.2) is 0 Å². The number of ether oxygens (including phenoxy) is 1. The highest BCUT2D eigenvalue weighted by Crippen LogP contribution is 2.29. The summed E-state index contributed by atoms with van der Waals surface area (Å²) in [5.74, 6) is -0.324. The molecule has 0 atom stereocenters. The first-order valence-electron chi connectivity index (χ1n) is 5.75. The number of hydrogen-bond acceptors (Lipinski definition) is 3. The zero-order valence-corrected chi connectivity index (χ0v) is 11.4. The molecule has 0 unspecified atom stereocenters. The molecule has 0 spiro atoms. The molecule has 0 bridgehead atoms. The van der Waals surface area contributed by atoms with Crippen molar-refractivity contribution in [1.29, 1.82) is 0 Å². The first kappa shape index (κ1) is 14.1. The van der Waals surface area contributed by atoms with E-state index < -0.39 is 6.09 Å². The van der Waals surface area contributed by atoms with Gasteiger partial charge in [-0.1, -0.05) is 11.6 Å². The Morgan fingerprint density at radius 2 is 1.85 bits per heavy atom. The van der Waals surface area contributed by atoms with E-state index in [4.69, 9.17) is 11.6 Å². The van der Waals surface area contributed by atoms with Gasteiger partial charge in [-0.25, -0.2) is 9.18 Å². The molecule has 0 heterocycles. The lowest BCUT2D eigenvalue weighted by Gasteiger charge is -2.13. The van der Waals surface area contributed by atoms with Gasteiger partial charge in [0.05, 0.1) is 18.5 Å². The molecule has 20 heavy (non-hydrogen) atoms. The van der Waals surface area contributed by atoms with E-state index in [2.05, 4.69) is 15.4 Å². The number of amides is 1. The molecule has 2 aromatic carbocycles. The molecule has 2 rings (SSSR count). The average Bonchev–Trinajstić information content (AvgIpc) is 2.44. The van der Waals surface area contributed by atoms with Gasteiger partial charge in [0.1, 0.15) is 5.82 Å². The highest BCUT2D eigenvalue weighted by atomic mass is 35.5. The van der Waals surface area contributed by atoms with E-state index in [0.717, 1.165) is 0 Å². The summed E-state index contributed by atoms with van der Waals surface area (Å²) in [6.07, 6.45) is -0.588. The van der Waals surface area contributed by atoms with E-state index >= 15 is 0 Å². The fraction of sp³-hybridized carbons (Fsp3) is 0.0714. The van der Waals surface area contributed by atoms with Crippen molar-refractivity contribution in [3.05, 3.63) is 53.3 Å². The lowest BCUT2D eigenvalue weighted by molar-refractivity contribution is 0.187. The largest absolute Gasteiger partial charge is 0.453 e. The van der Waals surface area contributed by atoms with Gasteiger partial charge in [-0.3, -0.25) is 5.32 Å². The Morgan fingerprint density at radius 1 is 1.15 bits per heavy atom. The summed E-state index contributed by atoms with van der Waals surface area (Å²) in [5, 5.41) is 6.12. The third kappa shape index (κ3) is 3.61. The standard InChI is InChI=1S/C14H12ClFN2O2/c1-20-14(19)18-12-7-2-9(15)8-13(12)17-11-5-3-10(16)4-6-11/h2-8,17H,1H3,(H,18,19). The van der Waals surface area contributed by atoms with Crippen LogP contribution in [0.5, 0.6) is 0 Å². The van der Waals surface area contributed by atoms with Crippen LogP contribution < -0.4 is 10.6 Å². The maximum absolute atomic E-state index is 12.9. The van der Waals surface area contributed by atoms with Crippen LogP contribution in [0.2, 0.25) is 5.02 Å². The third-order valence-corrected chi connectivity index (χ3v) is 2.76. The lowest BCUT2D eigenvalue weighted by atomic mass is 10.2. The van der Waals surface area contributed by atoms with Crippen molar-refractivity contribution in [3.8, 4) is 0 Å². The fourth-order valence-corrected chi connectivity index (χ4v) is 1.75. The Balaban J connectivity index is 2.26. The Hall–Kier alpha value is -2.27. The number of anilines is 3. The van der Waals surface area contributed by atoms with Crippen molar-refractivity contribution >= 4 is 34.8 Å². The second kappa shape index (κ2) is 6.25. The van der Waals surface area contributed by atoms with Crippen molar-refractivity contribution in [2.24, 2.45) is 0 Å². The van der Waals surface area contributed by atoms with Gasteiger partial charge in [0, 0.05) is 10.7 Å². The zero-order valence-electron chi connectivity index (χ0n) is 10.6. The number of hydrogen-bond donors (Lipinski definition) is 2. The molecule has 0 fully saturated rings. The predicted molar refractivity (Wildman–Crippen MR) is 77.2 cm³/mol. The van der Waals surface area contributed by atoms with Crippen LogP contribution in [0.4, 0.5) is 26.2 Å². The third-order valence-electron chi connectivity index (χ3n) is 2.53. The molecule has 104 valence electrons. The first-order chi connectivity index (χ1) is 9.58. The second-order valence-corrected chi connectivity index (χ2v) is 4.37. The monoisotopic (exact) mass is 294 g/mol. The Labute approximate surface area is 120 Å². The molecule has 0 saturated carbocycles. The quantitative estimate of drug-likeness (QED) is 0.882. The summed E-state index contributed by atoms with van der Waals surface area (Å²) in [4.78, 5) is 11.3. The maximum Gasteiger partial charge on any atom is 0.411 e. The molecule has 2 N–H and O–H groups in total. The summed E-state index contributed by atoms with van der Waals surface area (Å²) in [7, 11) is 1.28. The molecule has 1 amide bonds. The van der Waals surface area contributed by atoms with Gasteiger partial charge in [-0.2, -0.15) is 0 Å². The van der Waals surface area contributed by atoms with E-state index in [1.807, 2.05) is 0 Å². The van der Waals surface area contributed by atoms with Crippen molar-refractivity contribution in [1.82, 2.24) is 0 Å². The zero-order chi connectivity index (χ0) is 14.5. The van der Waals surface area contributed by atoms with Crippen molar-refractivity contribution in [3.63, 3.8) is 0 Å². The van der Waals surface area contributed by atoms with E-state index in [9.17, 15) is 9.18 Å². The van der Waals surface area contributed by atoms with Gasteiger partial charge in [-0.05, 0) is 42.5 Å². The Kier molecular flexibility index (Phi) is 4.42. The van der Waals surface area contributed by atoms with Gasteiger partial charge in [-0.15, -0.1) is 0 Å². The second-order valence-electron chi connectivity index (χ2n) is 3.94. The van der Waals surface area contributed by atoms with Crippen LogP contribution in [-0.2, 0) is 4.74 Å². The average molecular weight is 295 g/mol. The van der Waals surface area contributed by atoms with Crippen LogP contribution in [0.25, 0.3) is 0 Å². The topological polar surface area (TPSA) is 50.4 Å². The van der Waals surface area contributed by atoms with E-state index in [0.29, 0.717) is 22.1 Å². The van der Waals surface area contributed by atoms with Gasteiger partial charge in [0.25, 0.3) is 0 Å². The molecular formula is C14H12ClFN2O2. The SMILES string of the molecule is COC(=O)Nc1ccc(Cl)cc1Nc1ccc(F)cc1. The molecule has 0 aromatic heterocycles. The molecular weight excluding hydrogens is 283 g/mol. The van der Waals surface area contributed by atoms with Crippen LogP contribution in [0.1, 0.15) is 0 Å². The van der Waals surface area contributed by atoms with Crippen molar-refractivity contribution in [2.75, 3.05) is 17.7 Å². The number of methoxy groups -OCH3 is 1. The molecule has 0 aliphatic heterocycles. The number of carbonyl (C=O) groups is 1. The number of benzene rings is 2. The molecule has 0 radical (unpaired) electrons. The van der Waals surface area contributed by atoms with Gasteiger partial charge >= 0.3 is 6.09 Å². The minimum Gasteiger partial charge on any atom is -0.453 e. The summed E-state index contributed by atoms with van der Waals surface area (Å²) >= 11 is 5.93. The molecule has 0 aliphatic rings. The number of halogens is 2. The van der Waals surface area contributed by atoms with E-state index in [1.54, 1.807) is 30.3 Å². The van der Waals surface area contributed by atoms with E-state index in [-0.39, 0.29) is 5.82 Å². The van der Waals surface area contributed by atoms with Crippen LogP contribution in [0, 0.1) is 5.82 Å². The molecule has 6 heteroatoms. The molecule has 4 nitrogen and oxygen atoms in total. The molecule has 0 saturated heterocycles. The minimum atomic E-state index is -0.588. The number of rotatable bonds is 3. The van der Waals surface area contributed by atoms with Crippen LogP contribution in [0.3, 0.4) is 0 Å². The smallest absolute Gasteiger partial charge is 0.411 e. The maximum atomic E-state index is 12.9. The highest BCUT2D eigenvalue weighted by molar-refractivity contribution is 6.31.